The lowest BCUT2D eigenvalue weighted by Crippen LogP contribution is -1.86. The second-order valence-corrected chi connectivity index (χ2v) is 3.43. The largest absolute Gasteiger partial charge is 0.0738 e. The summed E-state index contributed by atoms with van der Waals surface area (Å²) in [7, 11) is 0. The van der Waals surface area contributed by atoms with Crippen molar-refractivity contribution in [3.05, 3.63) is 11.1 Å². The minimum Gasteiger partial charge on any atom is -0.0738 e. The highest BCUT2D eigenvalue weighted by molar-refractivity contribution is 5.23. The molecule has 0 N–H and O–H groups in total. The molecule has 0 saturated heterocycles. The molecule has 0 aromatic heterocycles. The van der Waals surface area contributed by atoms with Gasteiger partial charge in [-0.05, 0) is 44.9 Å². The Morgan fingerprint density at radius 1 is 1.22 bits per heavy atom. The average molecular weight is 122 g/mol. The van der Waals surface area contributed by atoms with Gasteiger partial charge >= 0.3 is 0 Å². The summed E-state index contributed by atoms with van der Waals surface area (Å²) in [6, 6.07) is 0. The van der Waals surface area contributed by atoms with E-state index in [1.54, 1.807) is 5.57 Å². The molecule has 2 aliphatic carbocycles. The predicted octanol–water partition coefficient (Wildman–Crippen LogP) is 2.90. The zero-order valence-corrected chi connectivity index (χ0v) is 6.11. The van der Waals surface area contributed by atoms with Gasteiger partial charge in [0.1, 0.15) is 0 Å². The van der Waals surface area contributed by atoms with Crippen LogP contribution in [0.3, 0.4) is 0 Å². The van der Waals surface area contributed by atoms with Gasteiger partial charge in [-0.3, -0.25) is 0 Å². The molecule has 0 spiro atoms. The van der Waals surface area contributed by atoms with Gasteiger partial charge in [0, 0.05) is 0 Å². The molecule has 50 valence electrons. The first-order valence-electron chi connectivity index (χ1n) is 4.06. The van der Waals surface area contributed by atoms with Crippen LogP contribution in [0, 0.1) is 5.92 Å². The van der Waals surface area contributed by atoms with Gasteiger partial charge in [-0.1, -0.05) is 11.1 Å². The van der Waals surface area contributed by atoms with Crippen molar-refractivity contribution in [2.75, 3.05) is 0 Å². The maximum atomic E-state index is 2.32. The molecule has 9 heavy (non-hydrogen) atoms. The predicted molar refractivity (Wildman–Crippen MR) is 39.3 cm³/mol. The Bertz CT molecular complexity index is 153. The lowest BCUT2D eigenvalue weighted by Gasteiger charge is -1.99. The van der Waals surface area contributed by atoms with Gasteiger partial charge in [-0.15, -0.1) is 0 Å². The number of rotatable bonds is 0. The van der Waals surface area contributed by atoms with E-state index in [0.29, 0.717) is 0 Å². The summed E-state index contributed by atoms with van der Waals surface area (Å²) in [6.07, 6.45) is 7.27. The van der Waals surface area contributed by atoms with E-state index >= 15 is 0 Å². The van der Waals surface area contributed by atoms with Crippen LogP contribution in [0.25, 0.3) is 0 Å². The third-order valence-electron chi connectivity index (χ3n) is 2.91. The number of allylic oxidation sites excluding steroid dienone is 2. The Kier molecular flexibility index (Phi) is 1.14. The Balaban J connectivity index is 2.28. The quantitative estimate of drug-likeness (QED) is 0.433. The maximum Gasteiger partial charge on any atom is -0.0197 e. The first kappa shape index (κ1) is 5.52. The molecule has 0 heterocycles. The highest BCUT2D eigenvalue weighted by atomic mass is 14.3. The van der Waals surface area contributed by atoms with Gasteiger partial charge in [-0.2, -0.15) is 0 Å². The van der Waals surface area contributed by atoms with E-state index in [2.05, 4.69) is 6.92 Å². The first-order chi connectivity index (χ1) is 4.38. The smallest absolute Gasteiger partial charge is 0.0197 e. The molecule has 1 unspecified atom stereocenters. The molecule has 2 aliphatic rings. The topological polar surface area (TPSA) is 0 Å². The van der Waals surface area contributed by atoms with Crippen molar-refractivity contribution in [3.63, 3.8) is 0 Å². The Labute approximate surface area is 57.0 Å². The molecular formula is C9H14. The standard InChI is InChI=1S/C9H14/c1-7-5-6-8-3-2-4-9(7)8/h8H,2-6H2,1H3. The van der Waals surface area contributed by atoms with Crippen LogP contribution in [-0.4, -0.2) is 0 Å². The highest BCUT2D eigenvalue weighted by Crippen LogP contribution is 2.42. The highest BCUT2D eigenvalue weighted by Gasteiger charge is 2.26. The van der Waals surface area contributed by atoms with Crippen molar-refractivity contribution in [1.82, 2.24) is 0 Å². The van der Waals surface area contributed by atoms with E-state index < -0.39 is 0 Å². The molecule has 0 radical (unpaired) electrons. The van der Waals surface area contributed by atoms with Crippen molar-refractivity contribution in [1.29, 1.82) is 0 Å². The second-order valence-electron chi connectivity index (χ2n) is 3.43. The summed E-state index contributed by atoms with van der Waals surface area (Å²) < 4.78 is 0. The van der Waals surface area contributed by atoms with E-state index in [-0.39, 0.29) is 0 Å². The van der Waals surface area contributed by atoms with Crippen LogP contribution in [0.4, 0.5) is 0 Å². The van der Waals surface area contributed by atoms with Crippen LogP contribution in [0.2, 0.25) is 0 Å². The lowest BCUT2D eigenvalue weighted by molar-refractivity contribution is 0.608. The molecule has 1 fully saturated rings. The van der Waals surface area contributed by atoms with E-state index in [4.69, 9.17) is 0 Å². The fourth-order valence-electron chi connectivity index (χ4n) is 2.35. The van der Waals surface area contributed by atoms with Crippen LogP contribution in [0.15, 0.2) is 11.1 Å². The Morgan fingerprint density at radius 2 is 2.11 bits per heavy atom. The summed E-state index contributed by atoms with van der Waals surface area (Å²) in [5.74, 6) is 1.03. The van der Waals surface area contributed by atoms with E-state index in [1.165, 1.54) is 32.1 Å². The monoisotopic (exact) mass is 122 g/mol. The summed E-state index contributed by atoms with van der Waals surface area (Å²) >= 11 is 0. The number of hydrogen-bond acceptors (Lipinski definition) is 0. The molecule has 1 saturated carbocycles. The Hall–Kier alpha value is -0.260. The molecule has 0 amide bonds. The van der Waals surface area contributed by atoms with Gasteiger partial charge in [0.2, 0.25) is 0 Å². The normalized spacial score (nSPS) is 33.7. The van der Waals surface area contributed by atoms with Crippen LogP contribution in [0.5, 0.6) is 0 Å². The molecular weight excluding hydrogens is 108 g/mol. The zero-order valence-electron chi connectivity index (χ0n) is 6.11. The molecule has 0 aliphatic heterocycles. The van der Waals surface area contributed by atoms with E-state index in [9.17, 15) is 0 Å². The van der Waals surface area contributed by atoms with Crippen LogP contribution in [-0.2, 0) is 0 Å². The third kappa shape index (κ3) is 0.726. The van der Waals surface area contributed by atoms with Crippen molar-refractivity contribution in [2.45, 2.75) is 39.0 Å². The van der Waals surface area contributed by atoms with Gasteiger partial charge in [0.15, 0.2) is 0 Å². The average Bonchev–Trinajstić information content (AvgIpc) is 2.35. The number of fused-ring (bicyclic) bond motifs is 1. The number of hydrogen-bond donors (Lipinski definition) is 0. The van der Waals surface area contributed by atoms with Crippen LogP contribution in [0.1, 0.15) is 39.0 Å². The van der Waals surface area contributed by atoms with Gasteiger partial charge in [0.25, 0.3) is 0 Å². The second kappa shape index (κ2) is 1.86. The first-order valence-corrected chi connectivity index (χ1v) is 4.06. The molecule has 0 bridgehead atoms. The van der Waals surface area contributed by atoms with E-state index in [0.717, 1.165) is 5.92 Å². The Morgan fingerprint density at radius 3 is 2.89 bits per heavy atom. The van der Waals surface area contributed by atoms with Crippen LogP contribution < -0.4 is 0 Å². The summed E-state index contributed by atoms with van der Waals surface area (Å²) in [6.45, 7) is 2.32. The molecule has 0 heteroatoms. The van der Waals surface area contributed by atoms with Crippen molar-refractivity contribution in [2.24, 2.45) is 5.92 Å². The minimum absolute atomic E-state index is 1.03. The fraction of sp³-hybridized carbons (Fsp3) is 0.778. The van der Waals surface area contributed by atoms with Gasteiger partial charge < -0.3 is 0 Å². The zero-order chi connectivity index (χ0) is 6.27. The molecule has 0 nitrogen and oxygen atoms in total. The van der Waals surface area contributed by atoms with Crippen molar-refractivity contribution < 1.29 is 0 Å². The van der Waals surface area contributed by atoms with Gasteiger partial charge in [-0.25, -0.2) is 0 Å². The summed E-state index contributed by atoms with van der Waals surface area (Å²) in [4.78, 5) is 0. The van der Waals surface area contributed by atoms with Crippen molar-refractivity contribution in [3.8, 4) is 0 Å². The molecule has 2 rings (SSSR count). The van der Waals surface area contributed by atoms with Gasteiger partial charge in [0.05, 0.1) is 0 Å². The summed E-state index contributed by atoms with van der Waals surface area (Å²) in [5, 5.41) is 0. The van der Waals surface area contributed by atoms with E-state index in [1.807, 2.05) is 5.57 Å². The molecule has 0 aromatic rings. The lowest BCUT2D eigenvalue weighted by atomic mass is 10.1. The minimum atomic E-state index is 1.03. The van der Waals surface area contributed by atoms with Crippen molar-refractivity contribution >= 4 is 0 Å². The molecule has 1 atom stereocenters. The molecule has 0 aromatic carbocycles. The maximum absolute atomic E-state index is 2.32. The SMILES string of the molecule is CC1=C2CCCC2CC1. The third-order valence-corrected chi connectivity index (χ3v) is 2.91. The van der Waals surface area contributed by atoms with Crippen LogP contribution >= 0.6 is 0 Å². The fourth-order valence-corrected chi connectivity index (χ4v) is 2.35. The summed E-state index contributed by atoms with van der Waals surface area (Å²) in [5.41, 5.74) is 3.55.